The van der Waals surface area contributed by atoms with Crippen LogP contribution in [-0.4, -0.2) is 36.9 Å². The minimum atomic E-state index is -0.316. The molecule has 0 aromatic heterocycles. The van der Waals surface area contributed by atoms with E-state index in [1.807, 2.05) is 25.9 Å². The van der Waals surface area contributed by atoms with E-state index < -0.39 is 0 Å². The van der Waals surface area contributed by atoms with Gasteiger partial charge in [-0.25, -0.2) is 0 Å². The highest BCUT2D eigenvalue weighted by molar-refractivity contribution is 6.16. The predicted octanol–water partition coefficient (Wildman–Crippen LogP) is -0.481. The number of likely N-dealkylation sites (N-methyl/N-ethyl adjacent to an activating group) is 1. The standard InChI is InChI=1S/C8H12N2O2/c1-5(10(2)3)6-4-7(11)9-8(6)12/h4-5H,1-3H3,(H,9,11,12). The SMILES string of the molecule is CC(C1=CC(=O)NC1=O)N(C)C. The normalized spacial score (nSPS) is 19.5. The van der Waals surface area contributed by atoms with Crippen LogP contribution in [-0.2, 0) is 9.59 Å². The second-order valence-electron chi connectivity index (χ2n) is 3.06. The molecular formula is C8H12N2O2. The molecule has 1 atom stereocenters. The Hall–Kier alpha value is -1.16. The van der Waals surface area contributed by atoms with Crippen LogP contribution in [0.2, 0.25) is 0 Å². The molecule has 1 aliphatic rings. The monoisotopic (exact) mass is 168 g/mol. The van der Waals surface area contributed by atoms with Crippen molar-refractivity contribution < 1.29 is 9.59 Å². The van der Waals surface area contributed by atoms with E-state index in [4.69, 9.17) is 0 Å². The minimum absolute atomic E-state index is 0.0172. The summed E-state index contributed by atoms with van der Waals surface area (Å²) in [6.45, 7) is 1.88. The smallest absolute Gasteiger partial charge is 0.255 e. The Bertz CT molecular complexity index is 256. The van der Waals surface area contributed by atoms with Crippen LogP contribution in [0, 0.1) is 0 Å². The van der Waals surface area contributed by atoms with Gasteiger partial charge in [-0.1, -0.05) is 0 Å². The first kappa shape index (κ1) is 8.93. The summed E-state index contributed by atoms with van der Waals surface area (Å²) in [4.78, 5) is 23.7. The second-order valence-corrected chi connectivity index (χ2v) is 3.06. The molecule has 0 saturated heterocycles. The molecule has 4 nitrogen and oxygen atoms in total. The maximum atomic E-state index is 11.1. The van der Waals surface area contributed by atoms with Crippen molar-refractivity contribution in [3.8, 4) is 0 Å². The molecule has 0 saturated carbocycles. The van der Waals surface area contributed by atoms with Gasteiger partial charge in [-0.15, -0.1) is 0 Å². The average molecular weight is 168 g/mol. The van der Waals surface area contributed by atoms with E-state index in [0.717, 1.165) is 0 Å². The average Bonchev–Trinajstić information content (AvgIpc) is 2.28. The summed E-state index contributed by atoms with van der Waals surface area (Å²) in [5, 5.41) is 2.21. The van der Waals surface area contributed by atoms with Crippen LogP contribution in [0.25, 0.3) is 0 Å². The van der Waals surface area contributed by atoms with Gasteiger partial charge in [0.15, 0.2) is 0 Å². The van der Waals surface area contributed by atoms with Gasteiger partial charge < -0.3 is 4.90 Å². The molecule has 4 heteroatoms. The van der Waals surface area contributed by atoms with Crippen LogP contribution >= 0.6 is 0 Å². The van der Waals surface area contributed by atoms with Crippen molar-refractivity contribution in [3.05, 3.63) is 11.6 Å². The van der Waals surface area contributed by atoms with Crippen LogP contribution in [0.4, 0.5) is 0 Å². The van der Waals surface area contributed by atoms with Crippen LogP contribution in [0.1, 0.15) is 6.92 Å². The third-order valence-electron chi connectivity index (χ3n) is 2.01. The molecule has 0 radical (unpaired) electrons. The number of hydrogen-bond acceptors (Lipinski definition) is 3. The van der Waals surface area contributed by atoms with E-state index in [1.165, 1.54) is 6.08 Å². The van der Waals surface area contributed by atoms with Gasteiger partial charge in [0.25, 0.3) is 11.8 Å². The highest BCUT2D eigenvalue weighted by Crippen LogP contribution is 2.11. The molecule has 1 N–H and O–H groups in total. The van der Waals surface area contributed by atoms with Gasteiger partial charge in [0.1, 0.15) is 0 Å². The van der Waals surface area contributed by atoms with E-state index in [0.29, 0.717) is 5.57 Å². The highest BCUT2D eigenvalue weighted by Gasteiger charge is 2.26. The van der Waals surface area contributed by atoms with Gasteiger partial charge in [-0.05, 0) is 21.0 Å². The fourth-order valence-corrected chi connectivity index (χ4v) is 1.02. The molecular weight excluding hydrogens is 156 g/mol. The minimum Gasteiger partial charge on any atom is -0.302 e. The summed E-state index contributed by atoms with van der Waals surface area (Å²) in [5.41, 5.74) is 0.532. The first-order valence-electron chi connectivity index (χ1n) is 3.75. The molecule has 0 fully saturated rings. The van der Waals surface area contributed by atoms with Gasteiger partial charge in [-0.2, -0.15) is 0 Å². The van der Waals surface area contributed by atoms with Gasteiger partial charge in [0, 0.05) is 17.7 Å². The molecule has 0 aromatic carbocycles. The maximum absolute atomic E-state index is 11.1. The Morgan fingerprint density at radius 1 is 1.42 bits per heavy atom. The maximum Gasteiger partial charge on any atom is 0.255 e. The number of rotatable bonds is 2. The number of carbonyl (C=O) groups is 2. The van der Waals surface area contributed by atoms with Crippen molar-refractivity contribution in [2.75, 3.05) is 14.1 Å². The zero-order valence-corrected chi connectivity index (χ0v) is 7.42. The first-order chi connectivity index (χ1) is 5.52. The van der Waals surface area contributed by atoms with Crippen molar-refractivity contribution in [1.29, 1.82) is 0 Å². The molecule has 1 rings (SSSR count). The summed E-state index contributed by atoms with van der Waals surface area (Å²) in [5.74, 6) is -0.593. The largest absolute Gasteiger partial charge is 0.302 e. The van der Waals surface area contributed by atoms with E-state index in [-0.39, 0.29) is 17.9 Å². The van der Waals surface area contributed by atoms with Gasteiger partial charge >= 0.3 is 0 Å². The Morgan fingerprint density at radius 2 is 2.00 bits per heavy atom. The summed E-state index contributed by atoms with van der Waals surface area (Å²) < 4.78 is 0. The number of carbonyl (C=O) groups excluding carboxylic acids is 2. The summed E-state index contributed by atoms with van der Waals surface area (Å²) in [6.07, 6.45) is 1.35. The molecule has 0 bridgehead atoms. The third kappa shape index (κ3) is 1.53. The molecule has 1 heterocycles. The lowest BCUT2D eigenvalue weighted by atomic mass is 10.1. The van der Waals surface area contributed by atoms with Gasteiger partial charge in [0.2, 0.25) is 0 Å². The Morgan fingerprint density at radius 3 is 2.33 bits per heavy atom. The van der Waals surface area contributed by atoms with Gasteiger partial charge in [0.05, 0.1) is 0 Å². The van der Waals surface area contributed by atoms with Crippen molar-refractivity contribution in [3.63, 3.8) is 0 Å². The van der Waals surface area contributed by atoms with Gasteiger partial charge in [-0.3, -0.25) is 14.9 Å². The summed E-state index contributed by atoms with van der Waals surface area (Å²) in [7, 11) is 3.73. The lowest BCUT2D eigenvalue weighted by Gasteiger charge is -2.18. The van der Waals surface area contributed by atoms with E-state index in [9.17, 15) is 9.59 Å². The van der Waals surface area contributed by atoms with Crippen molar-refractivity contribution >= 4 is 11.8 Å². The van der Waals surface area contributed by atoms with E-state index in [1.54, 1.807) is 0 Å². The number of nitrogens with one attached hydrogen (secondary N) is 1. The van der Waals surface area contributed by atoms with Crippen molar-refractivity contribution in [2.45, 2.75) is 13.0 Å². The molecule has 0 aromatic rings. The Kier molecular flexibility index (Phi) is 2.28. The lowest BCUT2D eigenvalue weighted by molar-refractivity contribution is -0.124. The molecule has 66 valence electrons. The summed E-state index contributed by atoms with van der Waals surface area (Å²) in [6, 6.07) is -0.0172. The number of hydrogen-bond donors (Lipinski definition) is 1. The molecule has 0 spiro atoms. The second kappa shape index (κ2) is 3.06. The fraction of sp³-hybridized carbons (Fsp3) is 0.500. The molecule has 12 heavy (non-hydrogen) atoms. The van der Waals surface area contributed by atoms with E-state index in [2.05, 4.69) is 5.32 Å². The zero-order valence-electron chi connectivity index (χ0n) is 7.42. The van der Waals surface area contributed by atoms with Crippen LogP contribution in [0.15, 0.2) is 11.6 Å². The third-order valence-corrected chi connectivity index (χ3v) is 2.01. The quantitative estimate of drug-likeness (QED) is 0.566. The van der Waals surface area contributed by atoms with Crippen LogP contribution in [0.5, 0.6) is 0 Å². The Balaban J connectivity index is 2.81. The molecule has 2 amide bonds. The number of nitrogens with zero attached hydrogens (tertiary/aromatic N) is 1. The molecule has 0 aliphatic carbocycles. The van der Waals surface area contributed by atoms with E-state index >= 15 is 0 Å². The molecule has 1 aliphatic heterocycles. The highest BCUT2D eigenvalue weighted by atomic mass is 16.2. The van der Waals surface area contributed by atoms with Crippen LogP contribution in [0.3, 0.4) is 0 Å². The van der Waals surface area contributed by atoms with Crippen molar-refractivity contribution in [2.24, 2.45) is 0 Å². The lowest BCUT2D eigenvalue weighted by Crippen LogP contribution is -2.32. The fourth-order valence-electron chi connectivity index (χ4n) is 1.02. The molecule has 1 unspecified atom stereocenters. The predicted molar refractivity (Wildman–Crippen MR) is 44.4 cm³/mol. The number of amides is 2. The topological polar surface area (TPSA) is 49.4 Å². The number of imide groups is 1. The Labute approximate surface area is 71.2 Å². The zero-order chi connectivity index (χ0) is 9.30. The first-order valence-corrected chi connectivity index (χ1v) is 3.75. The summed E-state index contributed by atoms with van der Waals surface area (Å²) >= 11 is 0. The van der Waals surface area contributed by atoms with Crippen molar-refractivity contribution in [1.82, 2.24) is 10.2 Å². The van der Waals surface area contributed by atoms with Crippen LogP contribution < -0.4 is 5.32 Å².